The molecule has 2 rings (SSSR count). The number of sulfonamides is 1. The smallest absolute Gasteiger partial charge is 0.335 e. The molecule has 0 fully saturated rings. The SMILES string of the molecule is O=C(O)c1ccc(F)c(S(=O)(=O)NCc2ccc(Cl)cc2Cl)c1. The highest BCUT2D eigenvalue weighted by Gasteiger charge is 2.21. The Kier molecular flexibility index (Phi) is 5.26. The van der Waals surface area contributed by atoms with Crippen LogP contribution in [0, 0.1) is 5.82 Å². The molecule has 0 amide bonds. The maximum atomic E-state index is 13.7. The van der Waals surface area contributed by atoms with Crippen molar-refractivity contribution in [3.05, 3.63) is 63.4 Å². The van der Waals surface area contributed by atoms with Gasteiger partial charge in [0.05, 0.1) is 5.56 Å². The van der Waals surface area contributed by atoms with E-state index in [9.17, 15) is 17.6 Å². The second-order valence-corrected chi connectivity index (χ2v) is 7.09. The van der Waals surface area contributed by atoms with Crippen molar-refractivity contribution in [1.29, 1.82) is 0 Å². The third kappa shape index (κ3) is 4.20. The number of carbonyl (C=O) groups is 1. The van der Waals surface area contributed by atoms with E-state index in [1.165, 1.54) is 18.2 Å². The van der Waals surface area contributed by atoms with Crippen LogP contribution in [0.3, 0.4) is 0 Å². The van der Waals surface area contributed by atoms with E-state index in [0.29, 0.717) is 10.6 Å². The van der Waals surface area contributed by atoms with Gasteiger partial charge in [0.25, 0.3) is 0 Å². The Hall–Kier alpha value is -1.67. The van der Waals surface area contributed by atoms with Crippen LogP contribution in [0.1, 0.15) is 15.9 Å². The first kappa shape index (κ1) is 17.7. The van der Waals surface area contributed by atoms with Crippen LogP contribution in [0.15, 0.2) is 41.3 Å². The summed E-state index contributed by atoms with van der Waals surface area (Å²) in [5.74, 6) is -2.41. The Morgan fingerprint density at radius 3 is 2.48 bits per heavy atom. The number of aromatic carboxylic acids is 1. The van der Waals surface area contributed by atoms with E-state index < -0.39 is 26.7 Å². The predicted octanol–water partition coefficient (Wildman–Crippen LogP) is 3.31. The number of hydrogen-bond acceptors (Lipinski definition) is 3. The highest BCUT2D eigenvalue weighted by molar-refractivity contribution is 7.89. The maximum absolute atomic E-state index is 13.7. The van der Waals surface area contributed by atoms with Crippen molar-refractivity contribution in [2.45, 2.75) is 11.4 Å². The van der Waals surface area contributed by atoms with Gasteiger partial charge in [-0.2, -0.15) is 0 Å². The van der Waals surface area contributed by atoms with Crippen molar-refractivity contribution in [3.63, 3.8) is 0 Å². The van der Waals surface area contributed by atoms with Crippen molar-refractivity contribution in [2.75, 3.05) is 0 Å². The number of rotatable bonds is 5. The second kappa shape index (κ2) is 6.84. The average molecular weight is 378 g/mol. The fourth-order valence-electron chi connectivity index (χ4n) is 1.76. The summed E-state index contributed by atoms with van der Waals surface area (Å²) in [5.41, 5.74) is 0.103. The molecule has 9 heteroatoms. The first-order valence-electron chi connectivity index (χ1n) is 6.17. The van der Waals surface area contributed by atoms with E-state index in [0.717, 1.165) is 18.2 Å². The zero-order chi connectivity index (χ0) is 17.2. The molecule has 5 nitrogen and oxygen atoms in total. The zero-order valence-corrected chi connectivity index (χ0v) is 13.7. The molecule has 122 valence electrons. The number of nitrogens with one attached hydrogen (secondary N) is 1. The third-order valence-electron chi connectivity index (χ3n) is 2.94. The van der Waals surface area contributed by atoms with Gasteiger partial charge >= 0.3 is 5.97 Å². The van der Waals surface area contributed by atoms with Gasteiger partial charge in [-0.3, -0.25) is 0 Å². The highest BCUT2D eigenvalue weighted by atomic mass is 35.5. The molecular formula is C14H10Cl2FNO4S. The van der Waals surface area contributed by atoms with Crippen LogP contribution in [-0.2, 0) is 16.6 Å². The minimum absolute atomic E-state index is 0.199. The Morgan fingerprint density at radius 1 is 1.17 bits per heavy atom. The topological polar surface area (TPSA) is 83.5 Å². The average Bonchev–Trinajstić information content (AvgIpc) is 2.46. The quantitative estimate of drug-likeness (QED) is 0.836. The van der Waals surface area contributed by atoms with Crippen LogP contribution >= 0.6 is 23.2 Å². The summed E-state index contributed by atoms with van der Waals surface area (Å²) >= 11 is 11.7. The van der Waals surface area contributed by atoms with Crippen LogP contribution in [0.25, 0.3) is 0 Å². The van der Waals surface area contributed by atoms with E-state index >= 15 is 0 Å². The molecule has 23 heavy (non-hydrogen) atoms. The number of hydrogen-bond donors (Lipinski definition) is 2. The van der Waals surface area contributed by atoms with Crippen molar-refractivity contribution < 1.29 is 22.7 Å². The maximum Gasteiger partial charge on any atom is 0.335 e. The Balaban J connectivity index is 2.28. The van der Waals surface area contributed by atoms with E-state index in [1.54, 1.807) is 0 Å². The summed E-state index contributed by atoms with van der Waals surface area (Å²) in [5, 5.41) is 9.51. The van der Waals surface area contributed by atoms with Gasteiger partial charge in [-0.25, -0.2) is 22.3 Å². The van der Waals surface area contributed by atoms with Gasteiger partial charge in [0, 0.05) is 16.6 Å². The van der Waals surface area contributed by atoms with Crippen LogP contribution in [0.4, 0.5) is 4.39 Å². The molecule has 0 bridgehead atoms. The molecule has 0 aliphatic carbocycles. The molecule has 0 heterocycles. The Labute approximate surface area is 141 Å². The van der Waals surface area contributed by atoms with Crippen LogP contribution < -0.4 is 4.72 Å². The summed E-state index contributed by atoms with van der Waals surface area (Å²) in [6.07, 6.45) is 0. The van der Waals surface area contributed by atoms with Gasteiger partial charge in [0.1, 0.15) is 10.7 Å². The molecule has 0 atom stereocenters. The van der Waals surface area contributed by atoms with E-state index in [-0.39, 0.29) is 17.1 Å². The van der Waals surface area contributed by atoms with Gasteiger partial charge in [-0.15, -0.1) is 0 Å². The lowest BCUT2D eigenvalue weighted by Crippen LogP contribution is -2.24. The molecule has 0 aliphatic rings. The Morgan fingerprint density at radius 2 is 1.87 bits per heavy atom. The van der Waals surface area contributed by atoms with Crippen molar-refractivity contribution in [3.8, 4) is 0 Å². The van der Waals surface area contributed by atoms with Gasteiger partial charge in [-0.1, -0.05) is 29.3 Å². The summed E-state index contributed by atoms with van der Waals surface area (Å²) in [4.78, 5) is 10.1. The number of carboxylic acid groups (broad SMARTS) is 1. The van der Waals surface area contributed by atoms with Crippen molar-refractivity contribution in [1.82, 2.24) is 4.72 Å². The summed E-state index contributed by atoms with van der Waals surface area (Å²) in [6, 6.07) is 7.02. The molecule has 0 unspecified atom stereocenters. The number of carboxylic acids is 1. The van der Waals surface area contributed by atoms with Gasteiger partial charge in [0.15, 0.2) is 0 Å². The van der Waals surface area contributed by atoms with E-state index in [4.69, 9.17) is 28.3 Å². The van der Waals surface area contributed by atoms with E-state index in [1.807, 2.05) is 0 Å². The summed E-state index contributed by atoms with van der Waals surface area (Å²) < 4.78 is 40.2. The second-order valence-electron chi connectivity index (χ2n) is 4.51. The molecule has 2 aromatic rings. The largest absolute Gasteiger partial charge is 0.478 e. The van der Waals surface area contributed by atoms with E-state index in [2.05, 4.69) is 4.72 Å². The minimum atomic E-state index is -4.25. The van der Waals surface area contributed by atoms with Crippen molar-refractivity contribution in [2.24, 2.45) is 0 Å². The molecule has 0 spiro atoms. The number of benzene rings is 2. The fourth-order valence-corrected chi connectivity index (χ4v) is 3.34. The molecule has 0 saturated carbocycles. The standard InChI is InChI=1S/C14H10Cl2FNO4S/c15-10-3-1-9(11(16)6-10)7-18-23(21,22)13-5-8(14(19)20)2-4-12(13)17/h1-6,18H,7H2,(H,19,20). The van der Waals surface area contributed by atoms with Crippen LogP contribution in [0.2, 0.25) is 10.0 Å². The highest BCUT2D eigenvalue weighted by Crippen LogP contribution is 2.22. The lowest BCUT2D eigenvalue weighted by molar-refractivity contribution is 0.0696. The monoisotopic (exact) mass is 377 g/mol. The molecule has 0 radical (unpaired) electrons. The molecule has 0 saturated heterocycles. The molecular weight excluding hydrogens is 368 g/mol. The normalized spacial score (nSPS) is 11.4. The first-order valence-corrected chi connectivity index (χ1v) is 8.41. The predicted molar refractivity (Wildman–Crippen MR) is 83.8 cm³/mol. The third-order valence-corrected chi connectivity index (χ3v) is 4.94. The van der Waals surface area contributed by atoms with Gasteiger partial charge in [-0.05, 0) is 35.9 Å². The molecule has 2 N–H and O–H groups in total. The van der Waals surface area contributed by atoms with Crippen LogP contribution in [0.5, 0.6) is 0 Å². The first-order chi connectivity index (χ1) is 10.7. The molecule has 2 aromatic carbocycles. The lowest BCUT2D eigenvalue weighted by Gasteiger charge is -2.10. The minimum Gasteiger partial charge on any atom is -0.478 e. The zero-order valence-electron chi connectivity index (χ0n) is 11.4. The number of halogens is 3. The van der Waals surface area contributed by atoms with Crippen LogP contribution in [-0.4, -0.2) is 19.5 Å². The lowest BCUT2D eigenvalue weighted by atomic mass is 10.2. The fraction of sp³-hybridized carbons (Fsp3) is 0.0714. The summed E-state index contributed by atoms with van der Waals surface area (Å²) in [7, 11) is -4.25. The Bertz CT molecular complexity index is 871. The summed E-state index contributed by atoms with van der Waals surface area (Å²) in [6.45, 7) is -0.199. The molecule has 0 aliphatic heterocycles. The van der Waals surface area contributed by atoms with Gasteiger partial charge in [0.2, 0.25) is 10.0 Å². The van der Waals surface area contributed by atoms with Crippen molar-refractivity contribution >= 4 is 39.2 Å². The molecule has 0 aromatic heterocycles. The van der Waals surface area contributed by atoms with Gasteiger partial charge < -0.3 is 5.11 Å².